The van der Waals surface area contributed by atoms with Crippen LogP contribution in [0.3, 0.4) is 0 Å². The maximum absolute atomic E-state index is 13.4. The molecule has 0 saturated heterocycles. The van der Waals surface area contributed by atoms with Crippen LogP contribution in [0, 0.1) is 11.6 Å². The summed E-state index contributed by atoms with van der Waals surface area (Å²) in [6, 6.07) is 2.31. The van der Waals surface area contributed by atoms with Gasteiger partial charge in [0.25, 0.3) is 0 Å². The molecule has 0 bridgehead atoms. The largest absolute Gasteiger partial charge is 0.390 e. The second-order valence-corrected chi connectivity index (χ2v) is 4.57. The first kappa shape index (κ1) is 18.8. The molecule has 2 atom stereocenters. The molecule has 0 heterocycles. The molecule has 0 aliphatic heterocycles. The van der Waals surface area contributed by atoms with Crippen molar-refractivity contribution >= 4 is 18.3 Å². The maximum atomic E-state index is 13.4. The van der Waals surface area contributed by atoms with Crippen LogP contribution >= 0.6 is 12.4 Å². The summed E-state index contributed by atoms with van der Waals surface area (Å²) >= 11 is 0. The third-order valence-electron chi connectivity index (χ3n) is 2.96. The summed E-state index contributed by atoms with van der Waals surface area (Å²) in [5, 5.41) is 9.82. The van der Waals surface area contributed by atoms with E-state index in [1.165, 1.54) is 18.9 Å². The number of rotatable bonds is 5. The van der Waals surface area contributed by atoms with Crippen molar-refractivity contribution in [2.75, 3.05) is 13.6 Å². The minimum absolute atomic E-state index is 0. The van der Waals surface area contributed by atoms with Gasteiger partial charge in [0.15, 0.2) is 0 Å². The Labute approximate surface area is 123 Å². The van der Waals surface area contributed by atoms with Crippen molar-refractivity contribution in [3.63, 3.8) is 0 Å². The maximum Gasteiger partial charge on any atom is 0.219 e. The summed E-state index contributed by atoms with van der Waals surface area (Å²) in [5.41, 5.74) is 5.85. The molecule has 1 aromatic carbocycles. The highest BCUT2D eigenvalue weighted by molar-refractivity contribution is 5.85. The fourth-order valence-electron chi connectivity index (χ4n) is 1.63. The molecule has 0 aliphatic rings. The summed E-state index contributed by atoms with van der Waals surface area (Å²) < 4.78 is 26.4. The zero-order valence-electron chi connectivity index (χ0n) is 11.3. The monoisotopic (exact) mass is 308 g/mol. The van der Waals surface area contributed by atoms with Crippen molar-refractivity contribution in [1.29, 1.82) is 0 Å². The Morgan fingerprint density at radius 3 is 2.60 bits per heavy atom. The van der Waals surface area contributed by atoms with Crippen molar-refractivity contribution in [3.8, 4) is 0 Å². The van der Waals surface area contributed by atoms with Gasteiger partial charge in [-0.25, -0.2) is 8.78 Å². The predicted octanol–water partition coefficient (Wildman–Crippen LogP) is 1.10. The summed E-state index contributed by atoms with van der Waals surface area (Å²) in [7, 11) is 1.53. The first-order chi connectivity index (χ1) is 8.81. The molecule has 0 aromatic heterocycles. The number of aliphatic hydroxyl groups excluding tert-OH is 1. The molecule has 114 valence electrons. The first-order valence-electron chi connectivity index (χ1n) is 5.90. The van der Waals surface area contributed by atoms with Crippen LogP contribution in [0.4, 0.5) is 8.78 Å². The predicted molar refractivity (Wildman–Crippen MR) is 74.6 cm³/mol. The number of carbonyl (C=O) groups excluding carboxylic acids is 1. The fourth-order valence-corrected chi connectivity index (χ4v) is 1.63. The Kier molecular flexibility index (Phi) is 7.63. The Morgan fingerprint density at radius 2 is 2.05 bits per heavy atom. The lowest BCUT2D eigenvalue weighted by Crippen LogP contribution is -2.44. The molecule has 20 heavy (non-hydrogen) atoms. The van der Waals surface area contributed by atoms with Gasteiger partial charge in [0.1, 0.15) is 11.6 Å². The molecular weight excluding hydrogens is 290 g/mol. The number of hydrogen-bond acceptors (Lipinski definition) is 3. The second-order valence-electron chi connectivity index (χ2n) is 4.57. The fraction of sp³-hybridized carbons (Fsp3) is 0.462. The molecule has 1 amide bonds. The molecule has 3 N–H and O–H groups in total. The summed E-state index contributed by atoms with van der Waals surface area (Å²) in [4.78, 5) is 12.3. The van der Waals surface area contributed by atoms with Gasteiger partial charge in [0, 0.05) is 26.6 Å². The molecule has 0 radical (unpaired) electrons. The van der Waals surface area contributed by atoms with E-state index >= 15 is 0 Å². The quantitative estimate of drug-likeness (QED) is 0.856. The van der Waals surface area contributed by atoms with Crippen LogP contribution in [-0.2, 0) is 11.2 Å². The van der Waals surface area contributed by atoms with Crippen LogP contribution in [-0.4, -0.2) is 41.7 Å². The van der Waals surface area contributed by atoms with E-state index < -0.39 is 23.8 Å². The highest BCUT2D eigenvalue weighted by Gasteiger charge is 2.19. The highest BCUT2D eigenvalue weighted by Crippen LogP contribution is 2.12. The van der Waals surface area contributed by atoms with Gasteiger partial charge >= 0.3 is 0 Å². The van der Waals surface area contributed by atoms with Gasteiger partial charge in [-0.2, -0.15) is 0 Å². The van der Waals surface area contributed by atoms with E-state index in [2.05, 4.69) is 0 Å². The van der Waals surface area contributed by atoms with E-state index in [-0.39, 0.29) is 36.8 Å². The van der Waals surface area contributed by atoms with Crippen LogP contribution in [0.15, 0.2) is 18.2 Å². The number of carbonyl (C=O) groups is 1. The third-order valence-corrected chi connectivity index (χ3v) is 2.96. The van der Waals surface area contributed by atoms with Gasteiger partial charge in [-0.3, -0.25) is 4.79 Å². The van der Waals surface area contributed by atoms with Crippen LogP contribution in [0.5, 0.6) is 0 Å². The summed E-state index contributed by atoms with van der Waals surface area (Å²) in [5.74, 6) is -1.33. The summed E-state index contributed by atoms with van der Waals surface area (Å²) in [6.45, 7) is 1.41. The van der Waals surface area contributed by atoms with Gasteiger partial charge in [-0.1, -0.05) is 0 Å². The molecular formula is C13H19ClF2N2O2. The van der Waals surface area contributed by atoms with Crippen molar-refractivity contribution in [2.24, 2.45) is 5.73 Å². The van der Waals surface area contributed by atoms with Gasteiger partial charge in [0.05, 0.1) is 6.10 Å². The zero-order valence-corrected chi connectivity index (χ0v) is 12.2. The van der Waals surface area contributed by atoms with Crippen LogP contribution in [0.25, 0.3) is 0 Å². The molecule has 0 saturated carbocycles. The molecule has 0 unspecified atom stereocenters. The average Bonchev–Trinajstić information content (AvgIpc) is 2.33. The van der Waals surface area contributed by atoms with Crippen molar-refractivity contribution in [3.05, 3.63) is 35.4 Å². The minimum atomic E-state index is -1.00. The number of nitrogens with two attached hydrogens (primary N) is 1. The molecule has 1 aromatic rings. The second kappa shape index (κ2) is 8.14. The zero-order chi connectivity index (χ0) is 14.6. The molecule has 4 nitrogen and oxygen atoms in total. The Bertz CT molecular complexity index is 460. The number of benzene rings is 1. The van der Waals surface area contributed by atoms with Gasteiger partial charge < -0.3 is 15.7 Å². The van der Waals surface area contributed by atoms with Crippen molar-refractivity contribution in [1.82, 2.24) is 4.90 Å². The minimum Gasteiger partial charge on any atom is -0.390 e. The third kappa shape index (κ3) is 5.40. The van der Waals surface area contributed by atoms with Crippen molar-refractivity contribution < 1.29 is 18.7 Å². The number of likely N-dealkylation sites (N-methyl/N-ethyl adjacent to an activating group) is 1. The molecule has 1 rings (SSSR count). The molecule has 0 aliphatic carbocycles. The number of amides is 1. The number of nitrogens with zero attached hydrogens (tertiary/aromatic N) is 1. The Hall–Kier alpha value is -1.24. The molecule has 0 fully saturated rings. The van der Waals surface area contributed by atoms with E-state index in [1.54, 1.807) is 0 Å². The van der Waals surface area contributed by atoms with E-state index in [1.807, 2.05) is 0 Å². The lowest BCUT2D eigenvalue weighted by molar-refractivity contribution is -0.128. The Morgan fingerprint density at radius 1 is 1.45 bits per heavy atom. The smallest absolute Gasteiger partial charge is 0.219 e. The Balaban J connectivity index is 0.00000361. The van der Waals surface area contributed by atoms with E-state index in [4.69, 9.17) is 5.73 Å². The van der Waals surface area contributed by atoms with E-state index in [9.17, 15) is 18.7 Å². The lowest BCUT2D eigenvalue weighted by Gasteiger charge is -2.24. The molecule has 7 heteroatoms. The first-order valence-corrected chi connectivity index (χ1v) is 5.90. The standard InChI is InChI=1S/C13H18F2N2O2.ClH/c1-8(18)17(2)7-13(19)12(16)6-9-5-10(14)3-4-11(9)15;/h3-5,12-13,19H,6-7,16H2,1-2H3;1H/t12-,13+;/m1./s1. The van der Waals surface area contributed by atoms with Crippen LogP contribution < -0.4 is 5.73 Å². The topological polar surface area (TPSA) is 66.6 Å². The summed E-state index contributed by atoms with van der Waals surface area (Å²) in [6.07, 6.45) is -1.01. The number of hydrogen-bond donors (Lipinski definition) is 2. The van der Waals surface area contributed by atoms with Crippen LogP contribution in [0.2, 0.25) is 0 Å². The SMILES string of the molecule is CC(=O)N(C)C[C@H](O)[C@H](N)Cc1cc(F)ccc1F.Cl. The molecule has 0 spiro atoms. The van der Waals surface area contributed by atoms with Gasteiger partial charge in [-0.15, -0.1) is 12.4 Å². The van der Waals surface area contributed by atoms with E-state index in [0.29, 0.717) is 0 Å². The average molecular weight is 309 g/mol. The normalized spacial score (nSPS) is 13.3. The van der Waals surface area contributed by atoms with Gasteiger partial charge in [0.2, 0.25) is 5.91 Å². The highest BCUT2D eigenvalue weighted by atomic mass is 35.5. The van der Waals surface area contributed by atoms with Gasteiger partial charge in [-0.05, 0) is 30.2 Å². The number of aliphatic hydroxyl groups is 1. The van der Waals surface area contributed by atoms with E-state index in [0.717, 1.165) is 18.2 Å². The van der Waals surface area contributed by atoms with Crippen LogP contribution in [0.1, 0.15) is 12.5 Å². The lowest BCUT2D eigenvalue weighted by atomic mass is 10.0. The van der Waals surface area contributed by atoms with Crippen molar-refractivity contribution in [2.45, 2.75) is 25.5 Å². The number of halogens is 3.